The number of nitrogens with one attached hydrogen (secondary N) is 2. The Balaban J connectivity index is 1.13. The van der Waals surface area contributed by atoms with Crippen LogP contribution in [0.4, 0.5) is 5.69 Å². The molecular formula is C42H41N3O6P+. The molecule has 0 atom stereocenters. The van der Waals surface area contributed by atoms with Crippen LogP contribution in [-0.2, 0) is 11.2 Å². The Morgan fingerprint density at radius 1 is 0.712 bits per heavy atom. The molecule has 9 nitrogen and oxygen atoms in total. The van der Waals surface area contributed by atoms with Crippen LogP contribution in [0.15, 0.2) is 143 Å². The minimum atomic E-state index is -2.09. The van der Waals surface area contributed by atoms with E-state index in [-0.39, 0.29) is 36.1 Å². The average molecular weight is 715 g/mol. The highest BCUT2D eigenvalue weighted by Crippen LogP contribution is 2.54. The lowest BCUT2D eigenvalue weighted by Gasteiger charge is -2.28. The second-order valence-electron chi connectivity index (χ2n) is 12.4. The molecule has 1 heterocycles. The van der Waals surface area contributed by atoms with Crippen LogP contribution in [-0.4, -0.2) is 54.4 Å². The molecule has 5 aromatic carbocycles. The smallest absolute Gasteiger partial charge is 0.349 e. The van der Waals surface area contributed by atoms with Crippen LogP contribution in [0.3, 0.4) is 0 Å². The van der Waals surface area contributed by atoms with Crippen molar-refractivity contribution in [1.29, 1.82) is 0 Å². The van der Waals surface area contributed by atoms with E-state index in [1.807, 2.05) is 36.1 Å². The van der Waals surface area contributed by atoms with Gasteiger partial charge in [-0.15, -0.1) is 0 Å². The SMILES string of the molecule is CCN(CC(=O)NCC[P+](c1ccccc1)(c1ccccc1)c1ccccc1)c1ccc2cc(C(=O)NCCc3ccc(O)c(O)c3)c(=O)oc2c1. The Hall–Kier alpha value is -5.92. The van der Waals surface area contributed by atoms with Crippen LogP contribution in [0.25, 0.3) is 11.0 Å². The van der Waals surface area contributed by atoms with Crippen LogP contribution in [0, 0.1) is 0 Å². The highest BCUT2D eigenvalue weighted by Gasteiger charge is 2.44. The van der Waals surface area contributed by atoms with Gasteiger partial charge in [-0.25, -0.2) is 4.79 Å². The molecule has 52 heavy (non-hydrogen) atoms. The summed E-state index contributed by atoms with van der Waals surface area (Å²) in [5.41, 5.74) is 0.834. The lowest BCUT2D eigenvalue weighted by Crippen LogP contribution is -2.41. The molecule has 264 valence electrons. The number of hydrogen-bond acceptors (Lipinski definition) is 7. The highest BCUT2D eigenvalue weighted by molar-refractivity contribution is 7.95. The lowest BCUT2D eigenvalue weighted by atomic mass is 10.1. The summed E-state index contributed by atoms with van der Waals surface area (Å²) in [6.45, 7) is 3.30. The topological polar surface area (TPSA) is 132 Å². The number of fused-ring (bicyclic) bond motifs is 1. The van der Waals surface area contributed by atoms with Crippen molar-refractivity contribution in [2.45, 2.75) is 13.3 Å². The second kappa shape index (κ2) is 16.4. The zero-order valence-electron chi connectivity index (χ0n) is 28.9. The number of phenolic OH excluding ortho intramolecular Hbond substituents is 2. The van der Waals surface area contributed by atoms with E-state index in [0.717, 1.165) is 6.16 Å². The zero-order valence-corrected chi connectivity index (χ0v) is 29.8. The summed E-state index contributed by atoms with van der Waals surface area (Å²) in [6, 6.07) is 42.9. The first kappa shape index (κ1) is 35.9. The summed E-state index contributed by atoms with van der Waals surface area (Å²) in [4.78, 5) is 41.1. The fraction of sp³-hybridized carbons (Fsp3) is 0.167. The van der Waals surface area contributed by atoms with E-state index in [4.69, 9.17) is 4.42 Å². The van der Waals surface area contributed by atoms with Gasteiger partial charge in [0.1, 0.15) is 34.3 Å². The van der Waals surface area contributed by atoms with E-state index < -0.39 is 18.8 Å². The van der Waals surface area contributed by atoms with Crippen molar-refractivity contribution >= 4 is 51.6 Å². The first-order chi connectivity index (χ1) is 25.3. The molecule has 6 aromatic rings. The summed E-state index contributed by atoms with van der Waals surface area (Å²) in [7, 11) is -2.09. The molecule has 0 radical (unpaired) electrons. The summed E-state index contributed by atoms with van der Waals surface area (Å²) in [5, 5.41) is 29.4. The van der Waals surface area contributed by atoms with Crippen molar-refractivity contribution in [3.8, 4) is 11.5 Å². The fourth-order valence-corrected chi connectivity index (χ4v) is 10.6. The summed E-state index contributed by atoms with van der Waals surface area (Å²) in [5.74, 6) is -1.16. The largest absolute Gasteiger partial charge is 0.504 e. The van der Waals surface area contributed by atoms with Crippen LogP contribution in [0.2, 0.25) is 0 Å². The van der Waals surface area contributed by atoms with Gasteiger partial charge in [-0.3, -0.25) is 9.59 Å². The standard InChI is InChI=1S/C42H40N3O6P/c1-2-45(32-20-19-31-27-36(42(50)51-39(31)28-32)41(49)44-23-22-30-18-21-37(46)38(47)26-30)29-40(48)43-24-25-52(33-12-6-3-7-13-33,34-14-8-4-9-15-34)35-16-10-5-11-17-35/h3-21,26-28H,2,22-25,29H2,1H3,(H3-,43,44,46,47,48,49)/p+1. The maximum atomic E-state index is 13.4. The Morgan fingerprint density at radius 2 is 1.33 bits per heavy atom. The molecular weight excluding hydrogens is 673 g/mol. The fourth-order valence-electron chi connectivity index (χ4n) is 6.45. The predicted molar refractivity (Wildman–Crippen MR) is 209 cm³/mol. The maximum absolute atomic E-state index is 13.4. The van der Waals surface area contributed by atoms with Gasteiger partial charge in [-0.05, 0) is 85.6 Å². The first-order valence-electron chi connectivity index (χ1n) is 17.2. The summed E-state index contributed by atoms with van der Waals surface area (Å²) in [6.07, 6.45) is 1.14. The lowest BCUT2D eigenvalue weighted by molar-refractivity contribution is -0.119. The highest BCUT2D eigenvalue weighted by atomic mass is 31.2. The van der Waals surface area contributed by atoms with Crippen LogP contribution < -0.4 is 37.1 Å². The van der Waals surface area contributed by atoms with Crippen LogP contribution >= 0.6 is 7.26 Å². The molecule has 2 amide bonds. The van der Waals surface area contributed by atoms with Gasteiger partial charge in [0.25, 0.3) is 5.91 Å². The molecule has 1 aromatic heterocycles. The number of amides is 2. The van der Waals surface area contributed by atoms with Crippen molar-refractivity contribution in [3.05, 3.63) is 155 Å². The van der Waals surface area contributed by atoms with E-state index in [9.17, 15) is 24.6 Å². The van der Waals surface area contributed by atoms with Crippen molar-refractivity contribution < 1.29 is 24.2 Å². The van der Waals surface area contributed by atoms with Gasteiger partial charge in [0.15, 0.2) is 11.5 Å². The van der Waals surface area contributed by atoms with Crippen molar-refractivity contribution in [1.82, 2.24) is 10.6 Å². The van der Waals surface area contributed by atoms with Gasteiger partial charge < -0.3 is 30.2 Å². The number of likely N-dealkylation sites (N-methyl/N-ethyl adjacent to an activating group) is 1. The van der Waals surface area contributed by atoms with E-state index >= 15 is 0 Å². The number of carbonyl (C=O) groups excluding carboxylic acids is 2. The molecule has 0 bridgehead atoms. The van der Waals surface area contributed by atoms with Crippen molar-refractivity contribution in [3.63, 3.8) is 0 Å². The molecule has 4 N–H and O–H groups in total. The molecule has 10 heteroatoms. The Morgan fingerprint density at radius 3 is 1.90 bits per heavy atom. The molecule has 0 fully saturated rings. The van der Waals surface area contributed by atoms with E-state index in [2.05, 4.69) is 83.4 Å². The maximum Gasteiger partial charge on any atom is 0.349 e. The third kappa shape index (κ3) is 8.01. The second-order valence-corrected chi connectivity index (χ2v) is 16.0. The Kier molecular flexibility index (Phi) is 11.3. The number of rotatable bonds is 14. The third-order valence-corrected chi connectivity index (χ3v) is 13.6. The van der Waals surface area contributed by atoms with Crippen LogP contribution in [0.1, 0.15) is 22.8 Å². The van der Waals surface area contributed by atoms with Gasteiger partial charge in [-0.2, -0.15) is 0 Å². The van der Waals surface area contributed by atoms with Gasteiger partial charge in [0, 0.05) is 30.2 Å². The molecule has 6 rings (SSSR count). The number of benzene rings is 5. The van der Waals surface area contributed by atoms with Gasteiger partial charge in [0.05, 0.1) is 19.3 Å². The number of hydrogen-bond donors (Lipinski definition) is 4. The van der Waals surface area contributed by atoms with Gasteiger partial charge >= 0.3 is 5.63 Å². The van der Waals surface area contributed by atoms with E-state index in [0.29, 0.717) is 41.7 Å². The molecule has 0 saturated carbocycles. The monoisotopic (exact) mass is 714 g/mol. The molecule has 0 unspecified atom stereocenters. The minimum absolute atomic E-state index is 0.110. The Labute approximate surface area is 302 Å². The first-order valence-corrected chi connectivity index (χ1v) is 19.2. The van der Waals surface area contributed by atoms with Gasteiger partial charge in [-0.1, -0.05) is 60.7 Å². The van der Waals surface area contributed by atoms with Crippen LogP contribution in [0.5, 0.6) is 11.5 Å². The number of carbonyl (C=O) groups is 2. The predicted octanol–water partition coefficient (Wildman–Crippen LogP) is 5.11. The third-order valence-electron chi connectivity index (χ3n) is 9.14. The number of phenols is 2. The number of nitrogens with zero attached hydrogens (tertiary/aromatic N) is 1. The molecule has 0 aliphatic heterocycles. The number of aromatic hydroxyl groups is 2. The van der Waals surface area contributed by atoms with E-state index in [1.165, 1.54) is 34.1 Å². The molecule has 0 spiro atoms. The zero-order chi connectivity index (χ0) is 36.5. The molecule has 0 aliphatic carbocycles. The quantitative estimate of drug-likeness (QED) is 0.0701. The summed E-state index contributed by atoms with van der Waals surface area (Å²) >= 11 is 0. The minimum Gasteiger partial charge on any atom is -0.504 e. The van der Waals surface area contributed by atoms with Crippen molar-refractivity contribution in [2.24, 2.45) is 0 Å². The molecule has 0 saturated heterocycles. The molecule has 0 aliphatic rings. The number of anilines is 1. The van der Waals surface area contributed by atoms with Gasteiger partial charge in [0.2, 0.25) is 5.91 Å². The Bertz CT molecular complexity index is 2110. The average Bonchev–Trinajstić information content (AvgIpc) is 3.17. The normalized spacial score (nSPS) is 11.2. The van der Waals surface area contributed by atoms with Crippen molar-refractivity contribution in [2.75, 3.05) is 37.2 Å². The van der Waals surface area contributed by atoms with E-state index in [1.54, 1.807) is 18.2 Å². The summed E-state index contributed by atoms with van der Waals surface area (Å²) < 4.78 is 5.58.